The van der Waals surface area contributed by atoms with Crippen LogP contribution in [-0.2, 0) is 10.8 Å². The third kappa shape index (κ3) is 3.92. The zero-order valence-corrected chi connectivity index (χ0v) is 18.0. The Morgan fingerprint density at radius 2 is 1.46 bits per heavy atom. The Morgan fingerprint density at radius 3 is 1.96 bits per heavy atom. The quantitative estimate of drug-likeness (QED) is 0.582. The zero-order chi connectivity index (χ0) is 20.7. The maximum Gasteiger partial charge on any atom is 0.335 e. The molecule has 0 unspecified atom stereocenters. The van der Waals surface area contributed by atoms with Crippen LogP contribution in [0.4, 0.5) is 0 Å². The molecule has 0 saturated carbocycles. The van der Waals surface area contributed by atoms with Crippen molar-refractivity contribution < 1.29 is 9.90 Å². The average Bonchev–Trinajstić information content (AvgIpc) is 2.63. The van der Waals surface area contributed by atoms with E-state index in [2.05, 4.69) is 65.8 Å². The van der Waals surface area contributed by atoms with Crippen molar-refractivity contribution in [3.8, 4) is 0 Å². The summed E-state index contributed by atoms with van der Waals surface area (Å²) in [5, 5.41) is 9.07. The molecule has 2 nitrogen and oxygen atoms in total. The van der Waals surface area contributed by atoms with Gasteiger partial charge < -0.3 is 5.11 Å². The van der Waals surface area contributed by atoms with Crippen molar-refractivity contribution in [2.24, 2.45) is 0 Å². The van der Waals surface area contributed by atoms with E-state index in [1.165, 1.54) is 35.1 Å². The van der Waals surface area contributed by atoms with Gasteiger partial charge in [0.1, 0.15) is 0 Å². The van der Waals surface area contributed by atoms with Crippen LogP contribution >= 0.6 is 0 Å². The molecule has 0 fully saturated rings. The van der Waals surface area contributed by atoms with Crippen molar-refractivity contribution in [2.45, 2.75) is 71.1 Å². The molecule has 0 aliphatic heterocycles. The molecule has 2 aromatic carbocycles. The van der Waals surface area contributed by atoms with E-state index in [9.17, 15) is 4.79 Å². The molecule has 148 valence electrons. The number of aromatic carboxylic acids is 1. The average molecular weight is 377 g/mol. The van der Waals surface area contributed by atoms with Crippen LogP contribution in [-0.4, -0.2) is 11.1 Å². The van der Waals surface area contributed by atoms with E-state index >= 15 is 0 Å². The number of carboxylic acids is 1. The van der Waals surface area contributed by atoms with E-state index < -0.39 is 5.97 Å². The fourth-order valence-electron chi connectivity index (χ4n) is 4.21. The van der Waals surface area contributed by atoms with E-state index in [0.29, 0.717) is 11.5 Å². The number of rotatable bonds is 4. The van der Waals surface area contributed by atoms with Crippen LogP contribution in [0.15, 0.2) is 36.4 Å². The van der Waals surface area contributed by atoms with Crippen LogP contribution in [0, 0.1) is 0 Å². The zero-order valence-electron chi connectivity index (χ0n) is 18.0. The number of hydrogen-bond acceptors (Lipinski definition) is 1. The lowest BCUT2D eigenvalue weighted by molar-refractivity contribution is 0.0697. The van der Waals surface area contributed by atoms with Crippen LogP contribution in [0.3, 0.4) is 0 Å². The van der Waals surface area contributed by atoms with Gasteiger partial charge in [0, 0.05) is 0 Å². The smallest absolute Gasteiger partial charge is 0.335 e. The van der Waals surface area contributed by atoms with Gasteiger partial charge in [-0.1, -0.05) is 78.0 Å². The third-order valence-electron chi connectivity index (χ3n) is 6.29. The molecule has 1 N–H and O–H groups in total. The molecular weight excluding hydrogens is 344 g/mol. The molecule has 1 aliphatic rings. The van der Waals surface area contributed by atoms with E-state index in [1.54, 1.807) is 12.1 Å². The Morgan fingerprint density at radius 1 is 0.929 bits per heavy atom. The fourth-order valence-corrected chi connectivity index (χ4v) is 4.21. The normalized spacial score (nSPS) is 17.7. The maximum atomic E-state index is 11.0. The van der Waals surface area contributed by atoms with Crippen molar-refractivity contribution in [2.75, 3.05) is 0 Å². The highest BCUT2D eigenvalue weighted by Gasteiger charge is 2.37. The van der Waals surface area contributed by atoms with Gasteiger partial charge in [-0.3, -0.25) is 0 Å². The molecule has 0 atom stereocenters. The summed E-state index contributed by atoms with van der Waals surface area (Å²) >= 11 is 0. The van der Waals surface area contributed by atoms with Gasteiger partial charge in [0.15, 0.2) is 0 Å². The lowest BCUT2D eigenvalue weighted by atomic mass is 9.62. The molecule has 2 heteroatoms. The summed E-state index contributed by atoms with van der Waals surface area (Å²) < 4.78 is 0. The Kier molecular flexibility index (Phi) is 5.27. The first-order chi connectivity index (χ1) is 13.0. The summed E-state index contributed by atoms with van der Waals surface area (Å²) in [4.78, 5) is 11.0. The van der Waals surface area contributed by atoms with Crippen molar-refractivity contribution in [1.29, 1.82) is 0 Å². The lowest BCUT2D eigenvalue weighted by Crippen LogP contribution is -2.34. The predicted octanol–water partition coefficient (Wildman–Crippen LogP) is 7.03. The number of carbonyl (C=O) groups is 1. The van der Waals surface area contributed by atoms with E-state index in [4.69, 9.17) is 5.11 Å². The Labute approximate surface area is 169 Å². The summed E-state index contributed by atoms with van der Waals surface area (Å²) in [5.74, 6) is -0.447. The number of fused-ring (bicyclic) bond motifs is 1. The molecule has 0 aromatic heterocycles. The Hall–Kier alpha value is -2.35. The minimum atomic E-state index is -0.892. The summed E-state index contributed by atoms with van der Waals surface area (Å²) in [5.41, 5.74) is 7.33. The van der Waals surface area contributed by atoms with Crippen LogP contribution < -0.4 is 0 Å². The van der Waals surface area contributed by atoms with Gasteiger partial charge in [0.2, 0.25) is 0 Å². The van der Waals surface area contributed by atoms with Crippen LogP contribution in [0.5, 0.6) is 0 Å². The Balaban J connectivity index is 2.06. The maximum absolute atomic E-state index is 11.0. The van der Waals surface area contributed by atoms with Crippen molar-refractivity contribution in [3.63, 3.8) is 0 Å². The van der Waals surface area contributed by atoms with Crippen LogP contribution in [0.2, 0.25) is 0 Å². The summed E-state index contributed by atoms with van der Waals surface area (Å²) in [6, 6.07) is 11.9. The summed E-state index contributed by atoms with van der Waals surface area (Å²) in [6.45, 7) is 13.9. The summed E-state index contributed by atoms with van der Waals surface area (Å²) in [7, 11) is 0. The predicted molar refractivity (Wildman–Crippen MR) is 118 cm³/mol. The van der Waals surface area contributed by atoms with Gasteiger partial charge in [-0.2, -0.15) is 0 Å². The van der Waals surface area contributed by atoms with E-state index in [0.717, 1.165) is 5.56 Å². The minimum Gasteiger partial charge on any atom is -0.478 e. The third-order valence-corrected chi connectivity index (χ3v) is 6.29. The molecule has 0 radical (unpaired) electrons. The molecule has 0 heterocycles. The number of hydrogen-bond donors (Lipinski definition) is 1. The SMILES string of the molecule is CC(C)c1cc2c(cc1C=Cc1ccc(C(=O)O)cc1)C(C)(C)CCC2(C)C. The largest absolute Gasteiger partial charge is 0.478 e. The fraction of sp³-hybridized carbons (Fsp3) is 0.423. The van der Waals surface area contributed by atoms with Gasteiger partial charge in [-0.25, -0.2) is 4.79 Å². The molecule has 2 aromatic rings. The van der Waals surface area contributed by atoms with Gasteiger partial charge in [-0.15, -0.1) is 0 Å². The molecule has 28 heavy (non-hydrogen) atoms. The van der Waals surface area contributed by atoms with E-state index in [-0.39, 0.29) is 10.8 Å². The van der Waals surface area contributed by atoms with Gasteiger partial charge >= 0.3 is 5.97 Å². The van der Waals surface area contributed by atoms with Crippen molar-refractivity contribution >= 4 is 18.1 Å². The molecule has 0 saturated heterocycles. The monoisotopic (exact) mass is 376 g/mol. The topological polar surface area (TPSA) is 37.3 Å². The second-order valence-electron chi connectivity index (χ2n) is 9.71. The van der Waals surface area contributed by atoms with Crippen LogP contribution in [0.25, 0.3) is 12.2 Å². The van der Waals surface area contributed by atoms with Crippen LogP contribution in [0.1, 0.15) is 98.5 Å². The molecule has 0 spiro atoms. The van der Waals surface area contributed by atoms with Crippen molar-refractivity contribution in [3.05, 3.63) is 69.8 Å². The Bertz CT molecular complexity index is 912. The molecule has 1 aliphatic carbocycles. The highest BCUT2D eigenvalue weighted by Crippen LogP contribution is 2.47. The standard InChI is InChI=1S/C26H32O2/c1-17(2)21-16-23-22(25(3,4)13-14-26(23,5)6)15-20(21)12-9-18-7-10-19(11-8-18)24(27)28/h7-12,15-17H,13-14H2,1-6H3,(H,27,28). The molecule has 0 bridgehead atoms. The van der Waals surface area contributed by atoms with E-state index in [1.807, 2.05) is 12.1 Å². The number of benzene rings is 2. The first-order valence-corrected chi connectivity index (χ1v) is 10.2. The molecule has 3 rings (SSSR count). The highest BCUT2D eigenvalue weighted by molar-refractivity contribution is 5.88. The second kappa shape index (κ2) is 7.24. The first kappa shape index (κ1) is 20.4. The second-order valence-corrected chi connectivity index (χ2v) is 9.71. The van der Waals surface area contributed by atoms with Crippen molar-refractivity contribution in [1.82, 2.24) is 0 Å². The molecular formula is C26H32O2. The first-order valence-electron chi connectivity index (χ1n) is 10.2. The lowest BCUT2D eigenvalue weighted by Gasteiger charge is -2.42. The summed E-state index contributed by atoms with van der Waals surface area (Å²) in [6.07, 6.45) is 6.69. The number of carboxylic acid groups (broad SMARTS) is 1. The van der Waals surface area contributed by atoms with Gasteiger partial charge in [0.25, 0.3) is 0 Å². The van der Waals surface area contributed by atoms with Gasteiger partial charge in [0.05, 0.1) is 5.56 Å². The minimum absolute atomic E-state index is 0.187. The molecule has 0 amide bonds. The highest BCUT2D eigenvalue weighted by atomic mass is 16.4. The van der Waals surface area contributed by atoms with Gasteiger partial charge in [-0.05, 0) is 69.5 Å².